The molecule has 0 bridgehead atoms. The zero-order valence-corrected chi connectivity index (χ0v) is 11.7. The number of ether oxygens (including phenoxy) is 1. The van der Waals surface area contributed by atoms with E-state index in [4.69, 9.17) is 17.0 Å². The fraction of sp³-hybridized carbons (Fsp3) is 0.250. The molecule has 0 saturated heterocycles. The van der Waals surface area contributed by atoms with Crippen molar-refractivity contribution in [3.8, 4) is 5.75 Å². The molecule has 3 rings (SSSR count). The topological polar surface area (TPSA) is 60.7 Å². The lowest BCUT2D eigenvalue weighted by Crippen LogP contribution is -2.06. The lowest BCUT2D eigenvalue weighted by Gasteiger charge is -2.06. The summed E-state index contributed by atoms with van der Waals surface area (Å²) in [7, 11) is 3.28. The van der Waals surface area contributed by atoms with Crippen LogP contribution in [0, 0.1) is 10.6 Å². The van der Waals surface area contributed by atoms with Gasteiger partial charge in [0.15, 0.2) is 22.2 Å². The molecular formula is C12H12FN5OS. The number of methoxy groups -OCH3 is 1. The normalized spacial score (nSPS) is 11.2. The van der Waals surface area contributed by atoms with Crippen LogP contribution in [0.25, 0.3) is 11.0 Å². The quantitative estimate of drug-likeness (QED) is 0.751. The van der Waals surface area contributed by atoms with Crippen LogP contribution in [0.4, 0.5) is 4.39 Å². The fourth-order valence-electron chi connectivity index (χ4n) is 2.06. The van der Waals surface area contributed by atoms with Gasteiger partial charge in [0.05, 0.1) is 24.7 Å². The number of H-pyrrole nitrogens is 1. The molecule has 0 aliphatic rings. The van der Waals surface area contributed by atoms with E-state index in [1.54, 1.807) is 17.0 Å². The first-order valence-electron chi connectivity index (χ1n) is 5.89. The van der Waals surface area contributed by atoms with Crippen molar-refractivity contribution in [1.82, 2.24) is 24.3 Å². The van der Waals surface area contributed by atoms with Crippen LogP contribution in [0.15, 0.2) is 18.5 Å². The highest BCUT2D eigenvalue weighted by atomic mass is 32.1. The summed E-state index contributed by atoms with van der Waals surface area (Å²) in [6.45, 7) is 0.449. The van der Waals surface area contributed by atoms with E-state index in [-0.39, 0.29) is 5.75 Å². The minimum atomic E-state index is -0.429. The van der Waals surface area contributed by atoms with Gasteiger partial charge in [0.2, 0.25) is 0 Å². The van der Waals surface area contributed by atoms with Gasteiger partial charge in [-0.15, -0.1) is 10.2 Å². The average Bonchev–Trinajstić information content (AvgIpc) is 2.94. The Bertz CT molecular complexity index is 834. The van der Waals surface area contributed by atoms with Gasteiger partial charge in [-0.25, -0.2) is 4.39 Å². The van der Waals surface area contributed by atoms with Crippen LogP contribution in [0.5, 0.6) is 5.75 Å². The van der Waals surface area contributed by atoms with Crippen LogP contribution in [-0.2, 0) is 13.6 Å². The third-order valence-corrected chi connectivity index (χ3v) is 3.47. The SMILES string of the molecule is COc1cc2c(cc1F)[nH]c(=S)n2Cc1nncn1C. The van der Waals surface area contributed by atoms with Crippen molar-refractivity contribution in [3.63, 3.8) is 0 Å². The van der Waals surface area contributed by atoms with E-state index in [0.717, 1.165) is 11.3 Å². The molecule has 0 spiro atoms. The monoisotopic (exact) mass is 293 g/mol. The Morgan fingerprint density at radius 3 is 2.90 bits per heavy atom. The highest BCUT2D eigenvalue weighted by Gasteiger charge is 2.12. The Kier molecular flexibility index (Phi) is 3.01. The van der Waals surface area contributed by atoms with Gasteiger partial charge in [0.25, 0.3) is 0 Å². The number of fused-ring (bicyclic) bond motifs is 1. The standard InChI is InChI=1S/C12H12FN5OS/c1-17-6-14-16-11(17)5-18-9-4-10(19-2)7(13)3-8(9)15-12(18)20/h3-4,6H,5H2,1-2H3,(H,15,20). The van der Waals surface area contributed by atoms with Crippen molar-refractivity contribution in [2.45, 2.75) is 6.54 Å². The summed E-state index contributed by atoms with van der Waals surface area (Å²) in [5, 5.41) is 7.86. The van der Waals surface area contributed by atoms with Gasteiger partial charge in [-0.1, -0.05) is 0 Å². The molecule has 3 aromatic rings. The number of aromatic nitrogens is 5. The second kappa shape index (κ2) is 4.71. The molecule has 0 fully saturated rings. The van der Waals surface area contributed by atoms with Crippen molar-refractivity contribution >= 4 is 23.3 Å². The van der Waals surface area contributed by atoms with Gasteiger partial charge >= 0.3 is 0 Å². The molecule has 104 valence electrons. The van der Waals surface area contributed by atoms with E-state index in [1.807, 2.05) is 11.6 Å². The van der Waals surface area contributed by atoms with Crippen LogP contribution >= 0.6 is 12.2 Å². The Labute approximate surface area is 118 Å². The third kappa shape index (κ3) is 1.97. The van der Waals surface area contributed by atoms with Gasteiger partial charge in [0, 0.05) is 19.2 Å². The first-order chi connectivity index (χ1) is 9.60. The lowest BCUT2D eigenvalue weighted by molar-refractivity contribution is 0.387. The Balaban J connectivity index is 2.17. The van der Waals surface area contributed by atoms with Crippen LogP contribution in [-0.4, -0.2) is 31.4 Å². The van der Waals surface area contributed by atoms with E-state index in [9.17, 15) is 4.39 Å². The molecular weight excluding hydrogens is 281 g/mol. The highest BCUT2D eigenvalue weighted by molar-refractivity contribution is 7.71. The van der Waals surface area contributed by atoms with Gasteiger partial charge in [-0.2, -0.15) is 0 Å². The number of rotatable bonds is 3. The summed E-state index contributed by atoms with van der Waals surface area (Å²) < 4.78 is 22.8. The fourth-order valence-corrected chi connectivity index (χ4v) is 2.34. The van der Waals surface area contributed by atoms with E-state index >= 15 is 0 Å². The number of imidazole rings is 1. The minimum Gasteiger partial charge on any atom is -0.494 e. The molecule has 0 atom stereocenters. The minimum absolute atomic E-state index is 0.179. The molecule has 1 aromatic carbocycles. The van der Waals surface area contributed by atoms with Crippen molar-refractivity contribution < 1.29 is 9.13 Å². The maximum absolute atomic E-state index is 13.7. The molecule has 2 aromatic heterocycles. The predicted octanol–water partition coefficient (Wildman–Crippen LogP) is 2.02. The predicted molar refractivity (Wildman–Crippen MR) is 73.7 cm³/mol. The van der Waals surface area contributed by atoms with E-state index in [2.05, 4.69) is 15.2 Å². The molecule has 0 unspecified atom stereocenters. The average molecular weight is 293 g/mol. The second-order valence-corrected chi connectivity index (χ2v) is 4.76. The Hall–Kier alpha value is -2.22. The first kappa shape index (κ1) is 12.8. The summed E-state index contributed by atoms with van der Waals surface area (Å²) in [5.41, 5.74) is 1.38. The third-order valence-electron chi connectivity index (χ3n) is 3.15. The maximum Gasteiger partial charge on any atom is 0.178 e. The van der Waals surface area contributed by atoms with Gasteiger partial charge in [-0.3, -0.25) is 0 Å². The molecule has 0 amide bonds. The van der Waals surface area contributed by atoms with E-state index < -0.39 is 5.82 Å². The Morgan fingerprint density at radius 2 is 2.25 bits per heavy atom. The summed E-state index contributed by atoms with van der Waals surface area (Å²) in [6, 6.07) is 2.99. The summed E-state index contributed by atoms with van der Waals surface area (Å²) in [6.07, 6.45) is 1.62. The number of aromatic amines is 1. The first-order valence-corrected chi connectivity index (χ1v) is 6.30. The number of hydrogen-bond donors (Lipinski definition) is 1. The molecule has 0 aliphatic heterocycles. The molecule has 0 saturated carbocycles. The van der Waals surface area contributed by atoms with Crippen molar-refractivity contribution in [2.24, 2.45) is 7.05 Å². The maximum atomic E-state index is 13.7. The zero-order valence-electron chi connectivity index (χ0n) is 10.9. The Morgan fingerprint density at radius 1 is 1.45 bits per heavy atom. The molecule has 0 radical (unpaired) electrons. The second-order valence-electron chi connectivity index (χ2n) is 4.38. The molecule has 6 nitrogen and oxygen atoms in total. The van der Waals surface area contributed by atoms with Crippen LogP contribution in [0.2, 0.25) is 0 Å². The van der Waals surface area contributed by atoms with Crippen LogP contribution in [0.3, 0.4) is 0 Å². The summed E-state index contributed by atoms with van der Waals surface area (Å²) in [4.78, 5) is 2.98. The number of hydrogen-bond acceptors (Lipinski definition) is 4. The van der Waals surface area contributed by atoms with Crippen LogP contribution in [0.1, 0.15) is 5.82 Å². The molecule has 1 N–H and O–H groups in total. The molecule has 2 heterocycles. The van der Waals surface area contributed by atoms with Gasteiger partial charge in [-0.05, 0) is 12.2 Å². The summed E-state index contributed by atoms with van der Waals surface area (Å²) in [5.74, 6) is 0.505. The number of halogens is 1. The number of aryl methyl sites for hydroxylation is 1. The molecule has 20 heavy (non-hydrogen) atoms. The number of nitrogens with zero attached hydrogens (tertiary/aromatic N) is 4. The summed E-state index contributed by atoms with van der Waals surface area (Å²) >= 11 is 5.28. The van der Waals surface area contributed by atoms with Crippen LogP contribution < -0.4 is 4.74 Å². The molecule has 0 aliphatic carbocycles. The lowest BCUT2D eigenvalue weighted by atomic mass is 10.3. The number of nitrogens with one attached hydrogen (secondary N) is 1. The van der Waals surface area contributed by atoms with E-state index in [1.165, 1.54) is 13.2 Å². The van der Waals surface area contributed by atoms with Crippen molar-refractivity contribution in [2.75, 3.05) is 7.11 Å². The smallest absolute Gasteiger partial charge is 0.178 e. The van der Waals surface area contributed by atoms with Gasteiger partial charge < -0.3 is 18.9 Å². The van der Waals surface area contributed by atoms with Crippen molar-refractivity contribution in [3.05, 3.63) is 34.9 Å². The van der Waals surface area contributed by atoms with E-state index in [0.29, 0.717) is 16.8 Å². The van der Waals surface area contributed by atoms with Gasteiger partial charge in [0.1, 0.15) is 6.33 Å². The molecule has 8 heteroatoms. The largest absolute Gasteiger partial charge is 0.494 e. The van der Waals surface area contributed by atoms with Crippen molar-refractivity contribution in [1.29, 1.82) is 0 Å². The zero-order chi connectivity index (χ0) is 14.3. The highest BCUT2D eigenvalue weighted by Crippen LogP contribution is 2.24. The number of benzene rings is 1.